The van der Waals surface area contributed by atoms with Crippen molar-refractivity contribution in [2.24, 2.45) is 0 Å². The summed E-state index contributed by atoms with van der Waals surface area (Å²) in [6.07, 6.45) is 1.88. The van der Waals surface area contributed by atoms with E-state index in [2.05, 4.69) is 260 Å². The van der Waals surface area contributed by atoms with Gasteiger partial charge in [-0.15, -0.1) is 0 Å². The predicted molar refractivity (Wildman–Crippen MR) is 296 cm³/mol. The summed E-state index contributed by atoms with van der Waals surface area (Å²) in [6.45, 7) is 9.51. The van der Waals surface area contributed by atoms with Crippen molar-refractivity contribution in [3.8, 4) is 56.1 Å². The van der Waals surface area contributed by atoms with E-state index in [0.29, 0.717) is 0 Å². The van der Waals surface area contributed by atoms with Crippen LogP contribution in [0.1, 0.15) is 49.9 Å². The van der Waals surface area contributed by atoms with Gasteiger partial charge in [-0.05, 0) is 129 Å². The van der Waals surface area contributed by atoms with Crippen molar-refractivity contribution in [2.75, 3.05) is 4.90 Å². The highest BCUT2D eigenvalue weighted by atomic mass is 15.1. The minimum absolute atomic E-state index is 0.137. The molecule has 2 aliphatic rings. The smallest absolute Gasteiger partial charge is 0.0788 e. The van der Waals surface area contributed by atoms with Gasteiger partial charge in [-0.1, -0.05) is 167 Å². The Bertz CT molecular complexity index is 4060. The van der Waals surface area contributed by atoms with Crippen molar-refractivity contribution < 1.29 is 0 Å². The lowest BCUT2D eigenvalue weighted by atomic mass is 9.81. The summed E-state index contributed by atoms with van der Waals surface area (Å²) in [5, 5.41) is 3.67. The van der Waals surface area contributed by atoms with E-state index in [1.54, 1.807) is 0 Å². The maximum Gasteiger partial charge on any atom is 0.0788 e. The van der Waals surface area contributed by atoms with E-state index in [-0.39, 0.29) is 10.8 Å². The Hall–Kier alpha value is -8.73. The molecule has 0 unspecified atom stereocenters. The number of hydrogen-bond donors (Lipinski definition) is 0. The van der Waals surface area contributed by atoms with Crippen LogP contribution in [0.5, 0.6) is 0 Å². The molecule has 0 bridgehead atoms. The minimum Gasteiger partial charge on any atom is -0.310 e. The third-order valence-corrected chi connectivity index (χ3v) is 15.7. The summed E-state index contributed by atoms with van der Waals surface area (Å²) in [7, 11) is 0. The average Bonchev–Trinajstić information content (AvgIpc) is 4.10. The molecule has 3 aromatic heterocycles. The van der Waals surface area contributed by atoms with Crippen LogP contribution >= 0.6 is 0 Å². The first-order valence-electron chi connectivity index (χ1n) is 24.8. The van der Waals surface area contributed by atoms with Gasteiger partial charge < -0.3 is 14.0 Å². The Morgan fingerprint density at radius 2 is 0.944 bits per heavy atom. The highest BCUT2D eigenvalue weighted by Gasteiger charge is 2.41. The summed E-state index contributed by atoms with van der Waals surface area (Å²) >= 11 is 0. The molecule has 4 nitrogen and oxygen atoms in total. The van der Waals surface area contributed by atoms with Crippen LogP contribution in [0.4, 0.5) is 17.1 Å². The fourth-order valence-corrected chi connectivity index (χ4v) is 12.4. The van der Waals surface area contributed by atoms with Gasteiger partial charge in [0.2, 0.25) is 0 Å². The van der Waals surface area contributed by atoms with Crippen molar-refractivity contribution in [3.05, 3.63) is 253 Å². The highest BCUT2D eigenvalue weighted by Crippen LogP contribution is 2.56. The van der Waals surface area contributed by atoms with Gasteiger partial charge in [0.15, 0.2) is 0 Å². The van der Waals surface area contributed by atoms with E-state index in [1.807, 2.05) is 12.3 Å². The van der Waals surface area contributed by atoms with E-state index in [0.717, 1.165) is 45.2 Å². The van der Waals surface area contributed by atoms with Crippen molar-refractivity contribution >= 4 is 49.8 Å². The number of hydrogen-bond acceptors (Lipinski definition) is 2. The van der Waals surface area contributed by atoms with Crippen LogP contribution < -0.4 is 4.90 Å². The molecule has 9 aromatic carbocycles. The van der Waals surface area contributed by atoms with Crippen LogP contribution in [0.2, 0.25) is 0 Å². The Morgan fingerprint density at radius 1 is 0.380 bits per heavy atom. The lowest BCUT2D eigenvalue weighted by molar-refractivity contribution is 0.660. The summed E-state index contributed by atoms with van der Waals surface area (Å²) in [6, 6.07) is 82.6. The van der Waals surface area contributed by atoms with Crippen LogP contribution in [0.25, 0.3) is 88.9 Å². The monoisotopic (exact) mass is 910 g/mol. The molecule has 0 radical (unpaired) electrons. The second-order valence-electron chi connectivity index (χ2n) is 20.4. The molecule has 0 aliphatic heterocycles. The van der Waals surface area contributed by atoms with Crippen LogP contribution in [-0.2, 0) is 10.8 Å². The zero-order chi connectivity index (χ0) is 47.6. The number of fused-ring (bicyclic) bond motifs is 12. The van der Waals surface area contributed by atoms with Crippen molar-refractivity contribution in [2.45, 2.75) is 38.5 Å². The number of pyridine rings is 1. The first-order chi connectivity index (χ1) is 34.8. The Balaban J connectivity index is 1.00. The normalized spacial score (nSPS) is 13.9. The third kappa shape index (κ3) is 6.07. The van der Waals surface area contributed by atoms with Crippen LogP contribution in [-0.4, -0.2) is 14.1 Å². The van der Waals surface area contributed by atoms with E-state index in [4.69, 9.17) is 4.98 Å². The molecular formula is C67H50N4. The molecular weight excluding hydrogens is 861 g/mol. The van der Waals surface area contributed by atoms with Crippen molar-refractivity contribution in [1.82, 2.24) is 14.1 Å². The topological polar surface area (TPSA) is 26.0 Å². The Kier molecular flexibility index (Phi) is 8.94. The quantitative estimate of drug-likeness (QED) is 0.159. The molecule has 0 fully saturated rings. The third-order valence-electron chi connectivity index (χ3n) is 15.7. The Labute approximate surface area is 414 Å². The zero-order valence-corrected chi connectivity index (χ0v) is 40.2. The maximum atomic E-state index is 4.79. The second kappa shape index (κ2) is 15.4. The van der Waals surface area contributed by atoms with Crippen molar-refractivity contribution in [3.63, 3.8) is 0 Å². The van der Waals surface area contributed by atoms with Crippen molar-refractivity contribution in [1.29, 1.82) is 0 Å². The molecule has 14 rings (SSSR count). The highest BCUT2D eigenvalue weighted by molar-refractivity contribution is 6.21. The molecule has 2 aliphatic carbocycles. The summed E-state index contributed by atoms with van der Waals surface area (Å²) in [5.41, 5.74) is 23.9. The van der Waals surface area contributed by atoms with E-state index >= 15 is 0 Å². The molecule has 0 spiro atoms. The summed E-state index contributed by atoms with van der Waals surface area (Å²) < 4.78 is 5.07. The second-order valence-corrected chi connectivity index (χ2v) is 20.4. The van der Waals surface area contributed by atoms with Gasteiger partial charge in [-0.25, -0.2) is 0 Å². The first kappa shape index (κ1) is 41.3. The van der Waals surface area contributed by atoms with Crippen LogP contribution in [0.3, 0.4) is 0 Å². The SMILES string of the molecule is CC1(C)c2ccccc2-c2ccc(N(c3ccc(-c4ccccc4)cc3)c3ccc(-n4c5ccc(-c6ccccn6)cc5c5ccc6c7c(n(-c8ccccc8)c6c54)-c4ccccc4C7(C)C)cc3)cc21. The molecule has 338 valence electrons. The fourth-order valence-electron chi connectivity index (χ4n) is 12.4. The minimum atomic E-state index is -0.207. The fraction of sp³-hybridized carbons (Fsp3) is 0.0896. The number of anilines is 3. The molecule has 3 heterocycles. The largest absolute Gasteiger partial charge is 0.310 e. The zero-order valence-electron chi connectivity index (χ0n) is 40.2. The van der Waals surface area contributed by atoms with Gasteiger partial charge >= 0.3 is 0 Å². The number of benzene rings is 9. The molecule has 0 saturated heterocycles. The van der Waals surface area contributed by atoms with Gasteiger partial charge in [0, 0.05) is 72.7 Å². The number of aromatic nitrogens is 3. The molecule has 0 amide bonds. The maximum absolute atomic E-state index is 4.79. The van der Waals surface area contributed by atoms with E-state index < -0.39 is 0 Å². The van der Waals surface area contributed by atoms with Gasteiger partial charge in [-0.3, -0.25) is 4.98 Å². The van der Waals surface area contributed by atoms with E-state index in [1.165, 1.54) is 83.0 Å². The summed E-state index contributed by atoms with van der Waals surface area (Å²) in [4.78, 5) is 7.22. The molecule has 71 heavy (non-hydrogen) atoms. The number of rotatable bonds is 7. The molecule has 0 N–H and O–H groups in total. The first-order valence-corrected chi connectivity index (χ1v) is 24.8. The van der Waals surface area contributed by atoms with Gasteiger partial charge in [0.1, 0.15) is 0 Å². The summed E-state index contributed by atoms with van der Waals surface area (Å²) in [5.74, 6) is 0. The van der Waals surface area contributed by atoms with Gasteiger partial charge in [-0.2, -0.15) is 0 Å². The van der Waals surface area contributed by atoms with Crippen LogP contribution in [0.15, 0.2) is 231 Å². The predicted octanol–water partition coefficient (Wildman–Crippen LogP) is 17.5. The lowest BCUT2D eigenvalue weighted by Crippen LogP contribution is -2.16. The Morgan fingerprint density at radius 3 is 1.68 bits per heavy atom. The number of nitrogens with zero attached hydrogens (tertiary/aromatic N) is 4. The standard InChI is InChI=1S/C67H50N4/c1-66(2)57-23-13-11-21-51(57)52-36-35-50(42-59(52)66)69(47-29-26-44(27-30-47)43-17-7-5-8-18-43)48-31-33-49(34-32-48)70-61-39-28-45(60-25-15-16-40-68-60)41-56(61)53-37-38-55-62-63(54-22-12-14-24-58(54)67(62,3)4)71(65(55)64(53)70)46-19-9-6-10-20-46/h5-42H,1-4H3. The molecule has 0 saturated carbocycles. The number of para-hydroxylation sites is 1. The molecule has 12 aromatic rings. The lowest BCUT2D eigenvalue weighted by Gasteiger charge is -2.28. The van der Waals surface area contributed by atoms with E-state index in [9.17, 15) is 0 Å². The van der Waals surface area contributed by atoms with Gasteiger partial charge in [0.05, 0.1) is 27.9 Å². The molecule has 4 heteroatoms. The average molecular weight is 911 g/mol. The van der Waals surface area contributed by atoms with Gasteiger partial charge in [0.25, 0.3) is 0 Å². The van der Waals surface area contributed by atoms with Crippen LogP contribution in [0, 0.1) is 0 Å². The molecule has 0 atom stereocenters.